The molecule has 8 nitrogen and oxygen atoms in total. The molecular weight excluding hydrogens is 655 g/mol. The van der Waals surface area contributed by atoms with Crippen molar-refractivity contribution in [2.45, 2.75) is 54.8 Å². The van der Waals surface area contributed by atoms with Crippen molar-refractivity contribution in [1.82, 2.24) is 20.2 Å². The molecule has 2 atom stereocenters. The second kappa shape index (κ2) is 11.6. The van der Waals surface area contributed by atoms with Crippen LogP contribution >= 0.6 is 34.7 Å². The molecule has 0 saturated carbocycles. The largest absolute Gasteiger partial charge is 0.461 e. The van der Waals surface area contributed by atoms with Gasteiger partial charge in [-0.2, -0.15) is 15.2 Å². The lowest BCUT2D eigenvalue weighted by molar-refractivity contribution is 0.107. The molecule has 6 heterocycles. The summed E-state index contributed by atoms with van der Waals surface area (Å²) < 4.78 is 53.1. The molecular formula is C32H31ClF3N7OS2. The highest BCUT2D eigenvalue weighted by Gasteiger charge is 2.49. The van der Waals surface area contributed by atoms with Gasteiger partial charge < -0.3 is 20.7 Å². The number of nitriles is 1. The van der Waals surface area contributed by atoms with E-state index in [0.717, 1.165) is 56.7 Å². The lowest BCUT2D eigenvalue weighted by atomic mass is 9.95. The van der Waals surface area contributed by atoms with Gasteiger partial charge in [-0.25, -0.2) is 13.2 Å². The van der Waals surface area contributed by atoms with Crippen molar-refractivity contribution in [3.8, 4) is 23.2 Å². The van der Waals surface area contributed by atoms with Gasteiger partial charge in [-0.3, -0.25) is 4.90 Å². The highest BCUT2D eigenvalue weighted by atomic mass is 35.5. The van der Waals surface area contributed by atoms with Crippen molar-refractivity contribution < 1.29 is 17.9 Å². The van der Waals surface area contributed by atoms with Crippen LogP contribution in [0, 0.1) is 23.0 Å². The first-order valence-corrected chi connectivity index (χ1v) is 17.7. The minimum Gasteiger partial charge on any atom is -0.461 e. The molecule has 4 aliphatic rings. The SMILES string of the molecule is N#Cc1c(N)sc2c(F)ccc(-c3c(Cl)c4c5c(nc(OCC67CCCN6C[C@H](F)C7)nc5c3F)N(C3CCNCC3)CCS4)c12. The Morgan fingerprint density at radius 1 is 1.20 bits per heavy atom. The number of thioether (sulfide) groups is 1. The Balaban J connectivity index is 1.34. The fourth-order valence-electron chi connectivity index (χ4n) is 7.86. The van der Waals surface area contributed by atoms with E-state index in [-0.39, 0.29) is 61.0 Å². The number of nitrogens with two attached hydrogens (primary N) is 1. The molecule has 0 aliphatic carbocycles. The molecule has 14 heteroatoms. The third-order valence-corrected chi connectivity index (χ3v) is 12.6. The number of alkyl halides is 1. The second-order valence-corrected chi connectivity index (χ2v) is 15.1. The van der Waals surface area contributed by atoms with E-state index in [4.69, 9.17) is 27.1 Å². The smallest absolute Gasteiger partial charge is 0.319 e. The van der Waals surface area contributed by atoms with Crippen LogP contribution in [0.5, 0.6) is 6.01 Å². The maximum absolute atomic E-state index is 17.2. The number of nitrogens with zero attached hydrogens (tertiary/aromatic N) is 5. The topological polar surface area (TPSA) is 103 Å². The monoisotopic (exact) mass is 685 g/mol. The molecule has 8 rings (SSSR count). The van der Waals surface area contributed by atoms with E-state index < -0.39 is 23.3 Å². The molecule has 2 aromatic heterocycles. The number of anilines is 2. The molecule has 2 aromatic carbocycles. The van der Waals surface area contributed by atoms with Crippen molar-refractivity contribution in [1.29, 1.82) is 5.26 Å². The van der Waals surface area contributed by atoms with Crippen molar-refractivity contribution in [2.75, 3.05) is 55.7 Å². The normalized spacial score (nSPS) is 23.6. The number of fused-ring (bicyclic) bond motifs is 2. The highest BCUT2D eigenvalue weighted by Crippen LogP contribution is 2.51. The van der Waals surface area contributed by atoms with Crippen LogP contribution in [0.15, 0.2) is 17.0 Å². The van der Waals surface area contributed by atoms with E-state index in [1.807, 2.05) is 0 Å². The number of hydrogen-bond acceptors (Lipinski definition) is 10. The number of thiophene rings is 1. The standard InChI is InChI=1S/C32H31ClF3N7OS2/c33-24-22(18-2-3-20(35)27-21(18)19(13-37)29(38)46-27)25(36)26-23-28(24)45-11-10-43(17-4-7-39-8-5-17)30(23)41-31(40-26)44-15-32-6-1-9-42(32)14-16(34)12-32/h2-3,16-17,39H,1,4-12,14-15,38H2/t16-,32?/m1/s1. The Morgan fingerprint density at radius 3 is 2.83 bits per heavy atom. The zero-order valence-corrected chi connectivity index (χ0v) is 27.2. The van der Waals surface area contributed by atoms with Crippen LogP contribution in [0.1, 0.15) is 37.7 Å². The molecule has 1 unspecified atom stereocenters. The molecule has 3 saturated heterocycles. The lowest BCUT2D eigenvalue weighted by Crippen LogP contribution is -2.45. The summed E-state index contributed by atoms with van der Waals surface area (Å²) in [4.78, 5) is 14.6. The van der Waals surface area contributed by atoms with Crippen LogP contribution < -0.4 is 20.7 Å². The Labute approximate surface area is 277 Å². The zero-order chi connectivity index (χ0) is 31.7. The molecule has 4 aromatic rings. The minimum absolute atomic E-state index is 0.0248. The van der Waals surface area contributed by atoms with Crippen LogP contribution in [-0.4, -0.2) is 77.7 Å². The number of nitrogens with one attached hydrogen (secondary N) is 1. The highest BCUT2D eigenvalue weighted by molar-refractivity contribution is 7.99. The van der Waals surface area contributed by atoms with E-state index in [1.165, 1.54) is 23.9 Å². The predicted molar refractivity (Wildman–Crippen MR) is 177 cm³/mol. The van der Waals surface area contributed by atoms with Gasteiger partial charge >= 0.3 is 6.01 Å². The molecule has 46 heavy (non-hydrogen) atoms. The zero-order valence-electron chi connectivity index (χ0n) is 24.8. The molecule has 4 aliphatic heterocycles. The summed E-state index contributed by atoms with van der Waals surface area (Å²) in [5.74, 6) is -0.0315. The van der Waals surface area contributed by atoms with Crippen LogP contribution in [0.25, 0.3) is 32.1 Å². The maximum atomic E-state index is 17.2. The molecule has 0 spiro atoms. The summed E-state index contributed by atoms with van der Waals surface area (Å²) in [7, 11) is 0. The quantitative estimate of drug-likeness (QED) is 0.243. The Kier molecular flexibility index (Phi) is 7.64. The van der Waals surface area contributed by atoms with Gasteiger partial charge in [0.05, 0.1) is 26.2 Å². The molecule has 0 amide bonds. The first-order valence-electron chi connectivity index (χ1n) is 15.6. The number of hydrogen-bond donors (Lipinski definition) is 2. The number of aromatic nitrogens is 2. The summed E-state index contributed by atoms with van der Waals surface area (Å²) in [6.07, 6.45) is 3.04. The van der Waals surface area contributed by atoms with Gasteiger partial charge in [0, 0.05) is 47.2 Å². The van der Waals surface area contributed by atoms with Gasteiger partial charge in [-0.1, -0.05) is 17.7 Å². The molecule has 0 bridgehead atoms. The van der Waals surface area contributed by atoms with Crippen LogP contribution in [0.3, 0.4) is 0 Å². The number of rotatable bonds is 5. The van der Waals surface area contributed by atoms with Gasteiger partial charge in [0.15, 0.2) is 5.82 Å². The summed E-state index contributed by atoms with van der Waals surface area (Å²) in [5.41, 5.74) is 6.09. The first-order chi connectivity index (χ1) is 22.3. The third kappa shape index (κ3) is 4.71. The van der Waals surface area contributed by atoms with Gasteiger partial charge in [0.2, 0.25) is 0 Å². The Morgan fingerprint density at radius 2 is 2.02 bits per heavy atom. The molecule has 3 N–H and O–H groups in total. The maximum Gasteiger partial charge on any atom is 0.319 e. The van der Waals surface area contributed by atoms with E-state index in [1.54, 1.807) is 0 Å². The van der Waals surface area contributed by atoms with Crippen molar-refractivity contribution in [2.24, 2.45) is 0 Å². The average Bonchev–Trinajstić information content (AvgIpc) is 3.65. The Hall–Kier alpha value is -3.02. The fourth-order valence-corrected chi connectivity index (χ4v) is 10.3. The number of piperidine rings is 1. The summed E-state index contributed by atoms with van der Waals surface area (Å²) >= 11 is 9.57. The van der Waals surface area contributed by atoms with Gasteiger partial charge in [0.1, 0.15) is 41.0 Å². The van der Waals surface area contributed by atoms with Crippen molar-refractivity contribution in [3.63, 3.8) is 0 Å². The van der Waals surface area contributed by atoms with Gasteiger partial charge in [-0.15, -0.1) is 23.1 Å². The predicted octanol–water partition coefficient (Wildman–Crippen LogP) is 6.52. The van der Waals surface area contributed by atoms with E-state index in [0.29, 0.717) is 41.4 Å². The number of ether oxygens (including phenoxy) is 1. The summed E-state index contributed by atoms with van der Waals surface area (Å²) in [6, 6.07) is 4.95. The first kappa shape index (κ1) is 30.3. The Bertz CT molecular complexity index is 1930. The van der Waals surface area contributed by atoms with Crippen LogP contribution in [0.2, 0.25) is 5.02 Å². The number of benzene rings is 2. The van der Waals surface area contributed by atoms with Crippen LogP contribution in [-0.2, 0) is 0 Å². The molecule has 3 fully saturated rings. The van der Waals surface area contributed by atoms with Crippen molar-refractivity contribution in [3.05, 3.63) is 34.4 Å². The lowest BCUT2D eigenvalue weighted by Gasteiger charge is -2.35. The van der Waals surface area contributed by atoms with Crippen molar-refractivity contribution >= 4 is 66.5 Å². The molecule has 240 valence electrons. The van der Waals surface area contributed by atoms with E-state index >= 15 is 4.39 Å². The second-order valence-electron chi connectivity index (χ2n) is 12.5. The number of halogens is 4. The van der Waals surface area contributed by atoms with Gasteiger partial charge in [0.25, 0.3) is 0 Å². The van der Waals surface area contributed by atoms with E-state index in [2.05, 4.69) is 26.2 Å². The number of nitrogen functional groups attached to an aromatic ring is 1. The van der Waals surface area contributed by atoms with Crippen LogP contribution in [0.4, 0.5) is 24.0 Å². The fraction of sp³-hybridized carbons (Fsp3) is 0.469. The van der Waals surface area contributed by atoms with Gasteiger partial charge in [-0.05, 0) is 56.9 Å². The third-order valence-electron chi connectivity index (χ3n) is 9.97. The summed E-state index contributed by atoms with van der Waals surface area (Å²) in [6.45, 7) is 3.79. The average molecular weight is 686 g/mol. The minimum atomic E-state index is -0.916. The molecule has 0 radical (unpaired) electrons. The summed E-state index contributed by atoms with van der Waals surface area (Å²) in [5, 5.41) is 14.4. The van der Waals surface area contributed by atoms with E-state index in [9.17, 15) is 14.0 Å².